The van der Waals surface area contributed by atoms with Crippen molar-refractivity contribution in [3.05, 3.63) is 95.8 Å². The van der Waals surface area contributed by atoms with Gasteiger partial charge in [-0.3, -0.25) is 4.79 Å². The number of ether oxygens (including phenoxy) is 3. The van der Waals surface area contributed by atoms with Crippen LogP contribution in [0, 0.1) is 5.92 Å². The van der Waals surface area contributed by atoms with Crippen LogP contribution in [0.25, 0.3) is 10.8 Å². The molecule has 5 rings (SSSR count). The van der Waals surface area contributed by atoms with Crippen LogP contribution in [0.5, 0.6) is 0 Å². The van der Waals surface area contributed by atoms with Gasteiger partial charge in [0.25, 0.3) is 0 Å². The SMILES string of the molecule is C=C1O[C@H]2CC3=C[C@@H](C/C(C)=C/[C@@H](OC(=O)[C@@H](C)c4ccc5ccccc5c4)[C@@H]2C1=C)OC3=O. The Labute approximate surface area is 199 Å². The number of carbonyl (C=O) groups is 2. The standard InChI is InChI=1S/C29H28O5/c1-16-11-24-14-23(29(31)33-24)15-26-27(17(2)19(4)32-26)25(12-16)34-28(30)18(3)21-10-9-20-7-5-6-8-22(20)13-21/h5-10,12-14,18,24-27H,2,4,11,15H2,1,3H3/b16-12+/t18-,24+,25+,26-,27-/m0/s1. The number of hydrogen-bond donors (Lipinski definition) is 0. The molecule has 0 unspecified atom stereocenters. The minimum Gasteiger partial charge on any atom is -0.490 e. The van der Waals surface area contributed by atoms with Crippen molar-refractivity contribution in [2.24, 2.45) is 5.92 Å². The minimum absolute atomic E-state index is 0.309. The lowest BCUT2D eigenvalue weighted by Gasteiger charge is -2.27. The second-order valence-electron chi connectivity index (χ2n) is 9.42. The van der Waals surface area contributed by atoms with Gasteiger partial charge in [-0.15, -0.1) is 0 Å². The molecule has 0 aromatic heterocycles. The van der Waals surface area contributed by atoms with E-state index in [2.05, 4.69) is 13.2 Å². The fourth-order valence-electron chi connectivity index (χ4n) is 5.06. The maximum atomic E-state index is 13.3. The van der Waals surface area contributed by atoms with Crippen LogP contribution >= 0.6 is 0 Å². The summed E-state index contributed by atoms with van der Waals surface area (Å²) in [6, 6.07) is 14.1. The third kappa shape index (κ3) is 4.07. The fourth-order valence-corrected chi connectivity index (χ4v) is 5.06. The van der Waals surface area contributed by atoms with Gasteiger partial charge in [-0.2, -0.15) is 0 Å². The zero-order valence-electron chi connectivity index (χ0n) is 19.5. The lowest BCUT2D eigenvalue weighted by Crippen LogP contribution is -2.34. The van der Waals surface area contributed by atoms with Crippen LogP contribution in [0.1, 0.15) is 38.2 Å². The molecule has 0 spiro atoms. The highest BCUT2D eigenvalue weighted by molar-refractivity contribution is 5.91. The molecule has 2 bridgehead atoms. The zero-order chi connectivity index (χ0) is 24.0. The first-order valence-electron chi connectivity index (χ1n) is 11.6. The van der Waals surface area contributed by atoms with Crippen LogP contribution < -0.4 is 0 Å². The number of fused-ring (bicyclic) bond motifs is 3. The van der Waals surface area contributed by atoms with Gasteiger partial charge in [-0.25, -0.2) is 4.79 Å². The molecule has 0 saturated carbocycles. The summed E-state index contributed by atoms with van der Waals surface area (Å²) >= 11 is 0. The van der Waals surface area contributed by atoms with E-state index in [1.807, 2.05) is 68.5 Å². The first-order valence-corrected chi connectivity index (χ1v) is 11.6. The Hall–Kier alpha value is -3.60. The van der Waals surface area contributed by atoms with E-state index in [0.717, 1.165) is 21.9 Å². The lowest BCUT2D eigenvalue weighted by molar-refractivity contribution is -0.151. The maximum absolute atomic E-state index is 13.3. The Morgan fingerprint density at radius 1 is 1.06 bits per heavy atom. The van der Waals surface area contributed by atoms with Crippen molar-refractivity contribution < 1.29 is 23.8 Å². The van der Waals surface area contributed by atoms with E-state index in [-0.39, 0.29) is 24.0 Å². The molecular weight excluding hydrogens is 428 g/mol. The topological polar surface area (TPSA) is 61.8 Å². The van der Waals surface area contributed by atoms with E-state index in [1.165, 1.54) is 0 Å². The summed E-state index contributed by atoms with van der Waals surface area (Å²) in [5.41, 5.74) is 3.15. The quantitative estimate of drug-likeness (QED) is 0.449. The van der Waals surface area contributed by atoms with Gasteiger partial charge >= 0.3 is 11.9 Å². The monoisotopic (exact) mass is 456 g/mol. The highest BCUT2D eigenvalue weighted by Gasteiger charge is 2.44. The van der Waals surface area contributed by atoms with Crippen LogP contribution in [-0.2, 0) is 23.8 Å². The fraction of sp³-hybridized carbons (Fsp3) is 0.310. The molecule has 1 saturated heterocycles. The second-order valence-corrected chi connectivity index (χ2v) is 9.42. The number of benzene rings is 2. The van der Waals surface area contributed by atoms with Crippen LogP contribution in [0.2, 0.25) is 0 Å². The van der Waals surface area contributed by atoms with Crippen molar-refractivity contribution in [1.82, 2.24) is 0 Å². The van der Waals surface area contributed by atoms with Crippen LogP contribution in [0.4, 0.5) is 0 Å². The predicted octanol–water partition coefficient (Wildman–Crippen LogP) is 5.53. The number of esters is 2. The third-order valence-electron chi connectivity index (χ3n) is 6.99. The molecule has 5 heteroatoms. The zero-order valence-corrected chi connectivity index (χ0v) is 19.5. The summed E-state index contributed by atoms with van der Waals surface area (Å²) < 4.78 is 17.6. The van der Waals surface area contributed by atoms with Gasteiger partial charge in [0.15, 0.2) is 0 Å². The number of carbonyl (C=O) groups excluding carboxylic acids is 2. The molecule has 1 fully saturated rings. The second kappa shape index (κ2) is 8.64. The van der Waals surface area contributed by atoms with Crippen molar-refractivity contribution in [3.63, 3.8) is 0 Å². The van der Waals surface area contributed by atoms with Gasteiger partial charge in [0, 0.05) is 18.4 Å². The molecule has 2 aliphatic heterocycles. The highest BCUT2D eigenvalue weighted by Crippen LogP contribution is 2.42. The molecule has 5 atom stereocenters. The molecule has 34 heavy (non-hydrogen) atoms. The Bertz CT molecular complexity index is 1270. The summed E-state index contributed by atoms with van der Waals surface area (Å²) in [6.45, 7) is 12.0. The predicted molar refractivity (Wildman–Crippen MR) is 130 cm³/mol. The molecule has 0 N–H and O–H groups in total. The first kappa shape index (κ1) is 22.2. The van der Waals surface area contributed by atoms with E-state index >= 15 is 0 Å². The van der Waals surface area contributed by atoms with Crippen LogP contribution in [0.3, 0.4) is 0 Å². The smallest absolute Gasteiger partial charge is 0.334 e. The van der Waals surface area contributed by atoms with E-state index in [0.29, 0.717) is 29.7 Å². The largest absolute Gasteiger partial charge is 0.490 e. The van der Waals surface area contributed by atoms with Crippen molar-refractivity contribution in [1.29, 1.82) is 0 Å². The maximum Gasteiger partial charge on any atom is 0.334 e. The molecule has 0 radical (unpaired) electrons. The average Bonchev–Trinajstić information content (AvgIpc) is 3.29. The Morgan fingerprint density at radius 3 is 2.62 bits per heavy atom. The van der Waals surface area contributed by atoms with E-state index in [4.69, 9.17) is 14.2 Å². The molecule has 3 aliphatic rings. The first-order chi connectivity index (χ1) is 16.3. The number of rotatable bonds is 3. The summed E-state index contributed by atoms with van der Waals surface area (Å²) in [6.07, 6.45) is 3.43. The normalized spacial score (nSPS) is 28.8. The van der Waals surface area contributed by atoms with Crippen molar-refractivity contribution in [3.8, 4) is 0 Å². The van der Waals surface area contributed by atoms with Gasteiger partial charge in [0.2, 0.25) is 0 Å². The third-order valence-corrected chi connectivity index (χ3v) is 6.99. The van der Waals surface area contributed by atoms with Crippen molar-refractivity contribution >= 4 is 22.7 Å². The molecule has 5 nitrogen and oxygen atoms in total. The average molecular weight is 457 g/mol. The molecule has 2 aromatic rings. The van der Waals surface area contributed by atoms with Gasteiger partial charge < -0.3 is 14.2 Å². The summed E-state index contributed by atoms with van der Waals surface area (Å²) in [5, 5.41) is 2.20. The molecule has 174 valence electrons. The molecule has 0 amide bonds. The van der Waals surface area contributed by atoms with Crippen LogP contribution in [-0.4, -0.2) is 30.3 Å². The lowest BCUT2D eigenvalue weighted by atomic mass is 9.85. The summed E-state index contributed by atoms with van der Waals surface area (Å²) in [5.74, 6) is -0.952. The van der Waals surface area contributed by atoms with Gasteiger partial charge in [-0.05, 0) is 47.9 Å². The van der Waals surface area contributed by atoms with E-state index < -0.39 is 18.1 Å². The van der Waals surface area contributed by atoms with Crippen molar-refractivity contribution in [2.75, 3.05) is 0 Å². The Morgan fingerprint density at radius 2 is 1.82 bits per heavy atom. The van der Waals surface area contributed by atoms with E-state index in [9.17, 15) is 9.59 Å². The minimum atomic E-state index is -0.583. The van der Waals surface area contributed by atoms with Gasteiger partial charge in [0.1, 0.15) is 24.1 Å². The Kier molecular flexibility index (Phi) is 5.64. The Balaban J connectivity index is 1.44. The molecule has 1 aliphatic carbocycles. The van der Waals surface area contributed by atoms with Crippen LogP contribution in [0.15, 0.2) is 90.3 Å². The molecule has 2 heterocycles. The molecular formula is C29H28O5. The summed E-state index contributed by atoms with van der Waals surface area (Å²) in [7, 11) is 0. The van der Waals surface area contributed by atoms with Gasteiger partial charge in [-0.1, -0.05) is 61.2 Å². The van der Waals surface area contributed by atoms with Gasteiger partial charge in [0.05, 0.1) is 11.8 Å². The summed E-state index contributed by atoms with van der Waals surface area (Å²) in [4.78, 5) is 25.7. The number of hydrogen-bond acceptors (Lipinski definition) is 5. The van der Waals surface area contributed by atoms with Crippen molar-refractivity contribution in [2.45, 2.75) is 50.9 Å². The molecule has 2 aromatic carbocycles. The number of allylic oxidation sites excluding steroid dienone is 1. The van der Waals surface area contributed by atoms with E-state index in [1.54, 1.807) is 0 Å². The highest BCUT2D eigenvalue weighted by atomic mass is 16.6.